The molecular formula is C21H27N5O2S. The van der Waals surface area contributed by atoms with E-state index in [-0.39, 0.29) is 24.1 Å². The van der Waals surface area contributed by atoms with Crippen LogP contribution in [0.1, 0.15) is 44.9 Å². The molecule has 1 aliphatic heterocycles. The molecule has 1 atom stereocenters. The van der Waals surface area contributed by atoms with E-state index in [1.165, 1.54) is 17.5 Å². The summed E-state index contributed by atoms with van der Waals surface area (Å²) < 4.78 is 3.32. The van der Waals surface area contributed by atoms with Crippen LogP contribution in [0, 0.1) is 0 Å². The highest BCUT2D eigenvalue weighted by Gasteiger charge is 2.33. The number of likely N-dealkylation sites (tertiary alicyclic amines) is 1. The Morgan fingerprint density at radius 3 is 3.00 bits per heavy atom. The van der Waals surface area contributed by atoms with Crippen molar-refractivity contribution in [2.24, 2.45) is 0 Å². The highest BCUT2D eigenvalue weighted by atomic mass is 32.1. The molecule has 2 fully saturated rings. The molecule has 1 aliphatic carbocycles. The lowest BCUT2D eigenvalue weighted by atomic mass is 10.1. The van der Waals surface area contributed by atoms with E-state index in [0.29, 0.717) is 5.52 Å². The molecule has 3 aromatic rings. The third kappa shape index (κ3) is 3.59. The Bertz CT molecular complexity index is 1110. The molecule has 0 aromatic carbocycles. The molecular weight excluding hydrogens is 386 g/mol. The molecule has 3 aromatic heterocycles. The number of rotatable bonds is 6. The van der Waals surface area contributed by atoms with Gasteiger partial charge in [-0.2, -0.15) is 5.10 Å². The number of carbonyl (C=O) groups is 1. The highest BCUT2D eigenvalue weighted by Crippen LogP contribution is 2.29. The van der Waals surface area contributed by atoms with Crippen LogP contribution in [0.2, 0.25) is 0 Å². The Kier molecular flexibility index (Phi) is 4.91. The van der Waals surface area contributed by atoms with Crippen molar-refractivity contribution in [3.8, 4) is 0 Å². The number of hydrogen-bond acceptors (Lipinski definition) is 5. The molecule has 154 valence electrons. The van der Waals surface area contributed by atoms with Gasteiger partial charge in [0.2, 0.25) is 5.91 Å². The van der Waals surface area contributed by atoms with Crippen LogP contribution >= 0.6 is 11.3 Å². The number of amides is 1. The first-order valence-electron chi connectivity index (χ1n) is 10.7. The van der Waals surface area contributed by atoms with Gasteiger partial charge in [0.1, 0.15) is 22.7 Å². The van der Waals surface area contributed by atoms with Crippen LogP contribution in [0.5, 0.6) is 0 Å². The third-order valence-corrected chi connectivity index (χ3v) is 6.92. The fourth-order valence-electron chi connectivity index (χ4n) is 4.50. The summed E-state index contributed by atoms with van der Waals surface area (Å²) in [6.07, 6.45) is 6.39. The summed E-state index contributed by atoms with van der Waals surface area (Å²) in [6.45, 7) is 4.14. The van der Waals surface area contributed by atoms with E-state index in [1.54, 1.807) is 11.3 Å². The van der Waals surface area contributed by atoms with E-state index in [2.05, 4.69) is 22.2 Å². The zero-order chi connectivity index (χ0) is 20.0. The summed E-state index contributed by atoms with van der Waals surface area (Å²) in [7, 11) is 0. The van der Waals surface area contributed by atoms with E-state index < -0.39 is 0 Å². The van der Waals surface area contributed by atoms with Crippen molar-refractivity contribution in [2.45, 2.75) is 64.1 Å². The molecule has 0 bridgehead atoms. The summed E-state index contributed by atoms with van der Waals surface area (Å²) >= 11 is 1.61. The summed E-state index contributed by atoms with van der Waals surface area (Å²) in [6, 6.07) is 4.83. The molecule has 0 spiro atoms. The highest BCUT2D eigenvalue weighted by molar-refractivity contribution is 7.16. The van der Waals surface area contributed by atoms with Crippen molar-refractivity contribution in [3.63, 3.8) is 0 Å². The SMILES string of the molecule is CCCc1nn(CC(=O)N[C@@H]2CCCN(C3CC3)C2)c(=O)c2cc3ccsc3n12. The molecule has 8 heteroatoms. The lowest BCUT2D eigenvalue weighted by Gasteiger charge is -2.33. The second-order valence-corrected chi connectivity index (χ2v) is 9.20. The number of hydrogen-bond donors (Lipinski definition) is 1. The predicted octanol–water partition coefficient (Wildman–Crippen LogP) is 2.41. The van der Waals surface area contributed by atoms with Gasteiger partial charge in [-0.25, -0.2) is 4.68 Å². The number of fused-ring (bicyclic) bond motifs is 3. The number of aryl methyl sites for hydroxylation is 1. The summed E-state index contributed by atoms with van der Waals surface area (Å²) in [5.74, 6) is 0.715. The molecule has 0 radical (unpaired) electrons. The topological polar surface area (TPSA) is 71.6 Å². The van der Waals surface area contributed by atoms with Gasteiger partial charge in [0.15, 0.2) is 0 Å². The average molecular weight is 414 g/mol. The van der Waals surface area contributed by atoms with Gasteiger partial charge in [-0.05, 0) is 56.2 Å². The zero-order valence-electron chi connectivity index (χ0n) is 16.8. The van der Waals surface area contributed by atoms with Gasteiger partial charge in [0.25, 0.3) is 5.56 Å². The minimum Gasteiger partial charge on any atom is -0.350 e. The maximum atomic E-state index is 13.0. The van der Waals surface area contributed by atoms with Crippen LogP contribution in [0.3, 0.4) is 0 Å². The largest absolute Gasteiger partial charge is 0.350 e. The van der Waals surface area contributed by atoms with Gasteiger partial charge in [-0.15, -0.1) is 11.3 Å². The van der Waals surface area contributed by atoms with Crippen molar-refractivity contribution < 1.29 is 4.79 Å². The van der Waals surface area contributed by atoms with Gasteiger partial charge in [-0.3, -0.25) is 18.9 Å². The molecule has 1 saturated carbocycles. The average Bonchev–Trinajstić information content (AvgIpc) is 3.34. The fourth-order valence-corrected chi connectivity index (χ4v) is 5.41. The van der Waals surface area contributed by atoms with Crippen LogP contribution < -0.4 is 10.9 Å². The second-order valence-electron chi connectivity index (χ2n) is 8.31. The van der Waals surface area contributed by atoms with E-state index in [1.807, 2.05) is 21.9 Å². The Morgan fingerprint density at radius 1 is 1.34 bits per heavy atom. The van der Waals surface area contributed by atoms with Gasteiger partial charge in [0, 0.05) is 30.4 Å². The lowest BCUT2D eigenvalue weighted by molar-refractivity contribution is -0.123. The minimum atomic E-state index is -0.202. The molecule has 4 heterocycles. The Hall–Kier alpha value is -2.19. The van der Waals surface area contributed by atoms with Gasteiger partial charge in [-0.1, -0.05) is 6.92 Å². The number of piperidine rings is 1. The van der Waals surface area contributed by atoms with Crippen molar-refractivity contribution in [1.82, 2.24) is 24.4 Å². The number of aromatic nitrogens is 3. The molecule has 1 N–H and O–H groups in total. The number of thiophene rings is 1. The Labute approximate surface area is 173 Å². The molecule has 7 nitrogen and oxygen atoms in total. The maximum Gasteiger partial charge on any atom is 0.291 e. The Morgan fingerprint density at radius 2 is 2.21 bits per heavy atom. The smallest absolute Gasteiger partial charge is 0.291 e. The molecule has 5 rings (SSSR count). The number of nitrogens with one attached hydrogen (secondary N) is 1. The third-order valence-electron chi connectivity index (χ3n) is 6.01. The van der Waals surface area contributed by atoms with Crippen molar-refractivity contribution in [3.05, 3.63) is 33.7 Å². The van der Waals surface area contributed by atoms with Crippen LogP contribution in [0.4, 0.5) is 0 Å². The first kappa shape index (κ1) is 18.8. The standard InChI is InChI=1S/C21H27N5O2S/c1-2-4-18-23-25(20(28)17-11-14-8-10-29-21(14)26(17)18)13-19(27)22-15-5-3-9-24(12-15)16-6-7-16/h8,10-11,15-16H,2-7,9,12-13H2,1H3,(H,22,27)/t15-/m1/s1. The number of carbonyl (C=O) groups excluding carboxylic acids is 1. The van der Waals surface area contributed by atoms with E-state index in [0.717, 1.165) is 60.9 Å². The van der Waals surface area contributed by atoms with Crippen LogP contribution in [0.25, 0.3) is 15.7 Å². The van der Waals surface area contributed by atoms with E-state index in [9.17, 15) is 9.59 Å². The molecule has 1 saturated heterocycles. The van der Waals surface area contributed by atoms with Gasteiger partial charge < -0.3 is 5.32 Å². The molecule has 2 aliphatic rings. The van der Waals surface area contributed by atoms with E-state index >= 15 is 0 Å². The fraction of sp³-hybridized carbons (Fsp3) is 0.571. The predicted molar refractivity (Wildman–Crippen MR) is 115 cm³/mol. The minimum absolute atomic E-state index is 0.0230. The van der Waals surface area contributed by atoms with Crippen LogP contribution in [-0.4, -0.2) is 50.2 Å². The summed E-state index contributed by atoms with van der Waals surface area (Å²) in [5, 5.41) is 10.8. The zero-order valence-corrected chi connectivity index (χ0v) is 17.6. The van der Waals surface area contributed by atoms with Crippen LogP contribution in [0.15, 0.2) is 22.3 Å². The quantitative estimate of drug-likeness (QED) is 0.674. The summed E-state index contributed by atoms with van der Waals surface area (Å²) in [4.78, 5) is 29.3. The Balaban J connectivity index is 1.38. The van der Waals surface area contributed by atoms with Crippen molar-refractivity contribution in [2.75, 3.05) is 13.1 Å². The lowest BCUT2D eigenvalue weighted by Crippen LogP contribution is -2.49. The maximum absolute atomic E-state index is 13.0. The van der Waals surface area contributed by atoms with E-state index in [4.69, 9.17) is 0 Å². The molecule has 29 heavy (non-hydrogen) atoms. The molecule has 1 amide bonds. The summed E-state index contributed by atoms with van der Waals surface area (Å²) in [5.41, 5.74) is 0.405. The van der Waals surface area contributed by atoms with Crippen LogP contribution in [-0.2, 0) is 17.8 Å². The normalized spacial score (nSPS) is 20.5. The van der Waals surface area contributed by atoms with Crippen molar-refractivity contribution in [1.29, 1.82) is 0 Å². The van der Waals surface area contributed by atoms with Gasteiger partial charge >= 0.3 is 0 Å². The second kappa shape index (κ2) is 7.57. The van der Waals surface area contributed by atoms with Gasteiger partial charge in [0.05, 0.1) is 0 Å². The first-order chi connectivity index (χ1) is 14.1. The molecule has 0 unspecified atom stereocenters. The number of nitrogens with zero attached hydrogens (tertiary/aromatic N) is 4. The van der Waals surface area contributed by atoms with Crippen molar-refractivity contribution >= 4 is 33.0 Å². The monoisotopic (exact) mass is 413 g/mol. The first-order valence-corrected chi connectivity index (χ1v) is 11.5.